The van der Waals surface area contributed by atoms with E-state index < -0.39 is 41.9 Å². The maximum atomic E-state index is 13.8. The minimum atomic E-state index is -1.63. The zero-order valence-corrected chi connectivity index (χ0v) is 15.6. The molecule has 1 atom stereocenters. The standard InChI is InChI=1S/C19H16F2N4O5/c1-30-14(26)9-23-16-12-3-2-6-22-17(12)25(29)19(28)15(16)18(27)24-8-10-4-5-11(20)7-13(10)21/h2-7,15,29H,8-9H2,1H3,(H,24,27). The number of ether oxygens (including phenoxy) is 1. The normalized spacial score (nSPS) is 16.9. The van der Waals surface area contributed by atoms with Crippen LogP contribution in [0.3, 0.4) is 0 Å². The molecule has 0 aliphatic carbocycles. The molecule has 0 fully saturated rings. The van der Waals surface area contributed by atoms with Gasteiger partial charge in [-0.15, -0.1) is 0 Å². The highest BCUT2D eigenvalue weighted by atomic mass is 19.1. The third kappa shape index (κ3) is 4.15. The van der Waals surface area contributed by atoms with Crippen molar-refractivity contribution in [2.24, 2.45) is 10.9 Å². The Morgan fingerprint density at radius 2 is 2.10 bits per heavy atom. The fourth-order valence-electron chi connectivity index (χ4n) is 2.84. The number of hydroxylamine groups is 1. The fourth-order valence-corrected chi connectivity index (χ4v) is 2.84. The summed E-state index contributed by atoms with van der Waals surface area (Å²) in [5, 5.41) is 12.7. The Kier molecular flexibility index (Phi) is 6.11. The number of hydrogen-bond acceptors (Lipinski definition) is 7. The molecule has 2 N–H and O–H groups in total. The van der Waals surface area contributed by atoms with Crippen molar-refractivity contribution in [3.63, 3.8) is 0 Å². The average molecular weight is 418 g/mol. The van der Waals surface area contributed by atoms with E-state index in [0.717, 1.165) is 19.2 Å². The summed E-state index contributed by atoms with van der Waals surface area (Å²) in [5.74, 6) is -6.09. The minimum absolute atomic E-state index is 0.0102. The van der Waals surface area contributed by atoms with Gasteiger partial charge in [-0.3, -0.25) is 24.6 Å². The number of amides is 2. The molecule has 2 aromatic rings. The number of methoxy groups -OCH3 is 1. The second kappa shape index (κ2) is 8.74. The van der Waals surface area contributed by atoms with E-state index in [-0.39, 0.29) is 34.3 Å². The second-order valence-electron chi connectivity index (χ2n) is 6.19. The largest absolute Gasteiger partial charge is 0.468 e. The molecule has 3 rings (SSSR count). The van der Waals surface area contributed by atoms with Crippen LogP contribution >= 0.6 is 0 Å². The molecule has 11 heteroatoms. The average Bonchev–Trinajstić information content (AvgIpc) is 2.74. The van der Waals surface area contributed by atoms with E-state index in [0.29, 0.717) is 6.07 Å². The first-order chi connectivity index (χ1) is 14.3. The summed E-state index contributed by atoms with van der Waals surface area (Å²) in [4.78, 5) is 44.8. The molecule has 0 bridgehead atoms. The van der Waals surface area contributed by atoms with E-state index in [2.05, 4.69) is 20.0 Å². The van der Waals surface area contributed by atoms with E-state index in [1.54, 1.807) is 0 Å². The van der Waals surface area contributed by atoms with Gasteiger partial charge in [-0.25, -0.2) is 13.8 Å². The molecule has 0 spiro atoms. The van der Waals surface area contributed by atoms with Crippen LogP contribution in [0.1, 0.15) is 11.1 Å². The second-order valence-corrected chi connectivity index (χ2v) is 6.19. The highest BCUT2D eigenvalue weighted by Gasteiger charge is 2.43. The number of carbonyl (C=O) groups is 3. The van der Waals surface area contributed by atoms with Gasteiger partial charge in [0.1, 0.15) is 18.2 Å². The number of aromatic nitrogens is 1. The summed E-state index contributed by atoms with van der Waals surface area (Å²) in [5.41, 5.74) is 0.0523. The van der Waals surface area contributed by atoms with Crippen LogP contribution in [-0.2, 0) is 25.7 Å². The number of anilines is 1. The van der Waals surface area contributed by atoms with Gasteiger partial charge in [-0.2, -0.15) is 5.06 Å². The number of aliphatic imine (C=N–C) groups is 1. The van der Waals surface area contributed by atoms with Gasteiger partial charge < -0.3 is 10.1 Å². The van der Waals surface area contributed by atoms with Gasteiger partial charge in [0.2, 0.25) is 5.91 Å². The SMILES string of the molecule is COC(=O)CN=C1c2cccnc2N(O)C(=O)C1C(=O)NCc1ccc(F)cc1F. The van der Waals surface area contributed by atoms with Crippen molar-refractivity contribution >= 4 is 29.3 Å². The lowest BCUT2D eigenvalue weighted by Crippen LogP contribution is -2.50. The fraction of sp³-hybridized carbons (Fsp3) is 0.211. The number of rotatable bonds is 5. The number of carbonyl (C=O) groups excluding carboxylic acids is 3. The van der Waals surface area contributed by atoms with Crippen molar-refractivity contribution < 1.29 is 33.1 Å². The molecule has 1 aliphatic rings. The Bertz CT molecular complexity index is 1040. The van der Waals surface area contributed by atoms with E-state index in [9.17, 15) is 28.4 Å². The molecule has 9 nitrogen and oxygen atoms in total. The Morgan fingerprint density at radius 3 is 2.80 bits per heavy atom. The Hall–Kier alpha value is -3.73. The van der Waals surface area contributed by atoms with Gasteiger partial charge in [0.15, 0.2) is 11.7 Å². The van der Waals surface area contributed by atoms with Crippen LogP contribution < -0.4 is 10.4 Å². The van der Waals surface area contributed by atoms with Crippen molar-refractivity contribution in [1.29, 1.82) is 0 Å². The number of esters is 1. The number of halogens is 2. The molecule has 30 heavy (non-hydrogen) atoms. The molecular formula is C19H16F2N4O5. The molecular weight excluding hydrogens is 402 g/mol. The van der Waals surface area contributed by atoms with Crippen LogP contribution in [0.15, 0.2) is 41.5 Å². The lowest BCUT2D eigenvalue weighted by Gasteiger charge is -2.29. The van der Waals surface area contributed by atoms with E-state index in [1.165, 1.54) is 18.3 Å². The third-order valence-electron chi connectivity index (χ3n) is 4.33. The summed E-state index contributed by atoms with van der Waals surface area (Å²) >= 11 is 0. The molecule has 0 radical (unpaired) electrons. The zero-order chi connectivity index (χ0) is 21.8. The van der Waals surface area contributed by atoms with Crippen molar-refractivity contribution in [3.05, 3.63) is 59.3 Å². The summed E-state index contributed by atoms with van der Waals surface area (Å²) in [6.45, 7) is -0.820. The Labute approximate surface area is 169 Å². The monoisotopic (exact) mass is 418 g/mol. The Morgan fingerprint density at radius 1 is 1.33 bits per heavy atom. The maximum absolute atomic E-state index is 13.8. The van der Waals surface area contributed by atoms with Gasteiger partial charge in [0.05, 0.1) is 12.8 Å². The van der Waals surface area contributed by atoms with Crippen molar-refractivity contribution in [3.8, 4) is 0 Å². The van der Waals surface area contributed by atoms with Crippen molar-refractivity contribution in [2.45, 2.75) is 6.54 Å². The van der Waals surface area contributed by atoms with Crippen LogP contribution in [0.5, 0.6) is 0 Å². The predicted octanol–water partition coefficient (Wildman–Crippen LogP) is 0.990. The molecule has 1 aliphatic heterocycles. The van der Waals surface area contributed by atoms with E-state index >= 15 is 0 Å². The minimum Gasteiger partial charge on any atom is -0.468 e. The van der Waals surface area contributed by atoms with Gasteiger partial charge in [-0.05, 0) is 18.2 Å². The molecule has 2 amide bonds. The first-order valence-corrected chi connectivity index (χ1v) is 8.64. The number of benzene rings is 1. The van der Waals surface area contributed by atoms with Crippen molar-refractivity contribution in [1.82, 2.24) is 10.3 Å². The molecule has 0 saturated carbocycles. The van der Waals surface area contributed by atoms with Crippen LogP contribution in [0.25, 0.3) is 0 Å². The molecule has 2 heterocycles. The number of nitrogens with zero attached hydrogens (tertiary/aromatic N) is 3. The molecule has 1 aromatic carbocycles. The van der Waals surface area contributed by atoms with Gasteiger partial charge in [0, 0.05) is 29.9 Å². The molecule has 156 valence electrons. The van der Waals surface area contributed by atoms with Crippen LogP contribution in [-0.4, -0.2) is 47.3 Å². The van der Waals surface area contributed by atoms with E-state index in [1.807, 2.05) is 0 Å². The van der Waals surface area contributed by atoms with Gasteiger partial charge in [0.25, 0.3) is 5.91 Å². The third-order valence-corrected chi connectivity index (χ3v) is 4.33. The molecule has 1 unspecified atom stereocenters. The smallest absolute Gasteiger partial charge is 0.327 e. The number of pyridine rings is 1. The first kappa shape index (κ1) is 21.0. The van der Waals surface area contributed by atoms with Gasteiger partial charge >= 0.3 is 5.97 Å². The van der Waals surface area contributed by atoms with Crippen LogP contribution in [0, 0.1) is 17.6 Å². The summed E-state index contributed by atoms with van der Waals surface area (Å²) < 4.78 is 31.4. The number of nitrogens with one attached hydrogen (secondary N) is 1. The number of hydrogen-bond donors (Lipinski definition) is 2. The zero-order valence-electron chi connectivity index (χ0n) is 15.6. The van der Waals surface area contributed by atoms with Crippen LogP contribution in [0.4, 0.5) is 14.6 Å². The summed E-state index contributed by atoms with van der Waals surface area (Å²) in [7, 11) is 1.15. The lowest BCUT2D eigenvalue weighted by molar-refractivity contribution is -0.139. The maximum Gasteiger partial charge on any atom is 0.327 e. The molecule has 0 saturated heterocycles. The van der Waals surface area contributed by atoms with E-state index in [4.69, 9.17) is 0 Å². The summed E-state index contributed by atoms with van der Waals surface area (Å²) in [6, 6.07) is 5.80. The quantitative estimate of drug-likeness (QED) is 0.424. The first-order valence-electron chi connectivity index (χ1n) is 8.64. The Balaban J connectivity index is 1.92. The number of fused-ring (bicyclic) bond motifs is 1. The summed E-state index contributed by atoms with van der Waals surface area (Å²) in [6.07, 6.45) is 1.32. The van der Waals surface area contributed by atoms with Crippen LogP contribution in [0.2, 0.25) is 0 Å². The molecule has 1 aromatic heterocycles. The highest BCUT2D eigenvalue weighted by Crippen LogP contribution is 2.28. The topological polar surface area (TPSA) is 121 Å². The predicted molar refractivity (Wildman–Crippen MR) is 98.6 cm³/mol. The van der Waals surface area contributed by atoms with Crippen molar-refractivity contribution in [2.75, 3.05) is 18.7 Å². The lowest BCUT2D eigenvalue weighted by atomic mass is 9.91. The van der Waals surface area contributed by atoms with Gasteiger partial charge in [-0.1, -0.05) is 6.07 Å². The highest BCUT2D eigenvalue weighted by molar-refractivity contribution is 6.31.